The Morgan fingerprint density at radius 2 is 2.11 bits per heavy atom. The van der Waals surface area contributed by atoms with Crippen LogP contribution in [0.25, 0.3) is 0 Å². The highest BCUT2D eigenvalue weighted by molar-refractivity contribution is 5.40. The highest BCUT2D eigenvalue weighted by Gasteiger charge is 2.38. The van der Waals surface area contributed by atoms with Crippen molar-refractivity contribution in [2.24, 2.45) is 5.92 Å². The Labute approximate surface area is 110 Å². The van der Waals surface area contributed by atoms with Crippen molar-refractivity contribution >= 4 is 0 Å². The molecule has 1 aromatic rings. The number of aryl methyl sites for hydroxylation is 1. The van der Waals surface area contributed by atoms with Crippen molar-refractivity contribution in [1.29, 1.82) is 0 Å². The molecule has 2 heteroatoms. The Kier molecular flexibility index (Phi) is 2.86. The third-order valence-corrected chi connectivity index (χ3v) is 4.34. The van der Waals surface area contributed by atoms with Gasteiger partial charge >= 0.3 is 0 Å². The zero-order chi connectivity index (χ0) is 12.8. The summed E-state index contributed by atoms with van der Waals surface area (Å²) in [4.78, 5) is 0. The Bertz CT molecular complexity index is 448. The summed E-state index contributed by atoms with van der Waals surface area (Å²) in [5.41, 5.74) is 2.96. The Morgan fingerprint density at radius 3 is 2.83 bits per heavy atom. The van der Waals surface area contributed by atoms with Gasteiger partial charge in [0.1, 0.15) is 11.9 Å². The van der Waals surface area contributed by atoms with Gasteiger partial charge in [0.25, 0.3) is 0 Å². The van der Waals surface area contributed by atoms with Crippen LogP contribution in [0.5, 0.6) is 5.75 Å². The maximum atomic E-state index is 5.99. The van der Waals surface area contributed by atoms with Crippen molar-refractivity contribution in [3.8, 4) is 5.75 Å². The van der Waals surface area contributed by atoms with Crippen LogP contribution in [0.3, 0.4) is 0 Å². The van der Waals surface area contributed by atoms with Crippen LogP contribution in [0.2, 0.25) is 0 Å². The largest absolute Gasteiger partial charge is 0.488 e. The molecular weight excluding hydrogens is 222 g/mol. The van der Waals surface area contributed by atoms with Gasteiger partial charge in [-0.15, -0.1) is 0 Å². The van der Waals surface area contributed by atoms with Gasteiger partial charge in [-0.05, 0) is 51.2 Å². The smallest absolute Gasteiger partial charge is 0.123 e. The van der Waals surface area contributed by atoms with Crippen LogP contribution in [0.15, 0.2) is 18.2 Å². The molecule has 0 spiro atoms. The zero-order valence-corrected chi connectivity index (χ0v) is 11.6. The van der Waals surface area contributed by atoms with Gasteiger partial charge in [-0.25, -0.2) is 0 Å². The van der Waals surface area contributed by atoms with E-state index in [2.05, 4.69) is 44.3 Å². The topological polar surface area (TPSA) is 21.3 Å². The van der Waals surface area contributed by atoms with Crippen molar-refractivity contribution in [2.45, 2.75) is 51.7 Å². The van der Waals surface area contributed by atoms with Gasteiger partial charge in [0.05, 0.1) is 0 Å². The molecule has 1 heterocycles. The fourth-order valence-electron chi connectivity index (χ4n) is 2.89. The number of rotatable bonds is 4. The summed E-state index contributed by atoms with van der Waals surface area (Å²) < 4.78 is 5.99. The monoisotopic (exact) mass is 245 g/mol. The third kappa shape index (κ3) is 2.39. The van der Waals surface area contributed by atoms with Gasteiger partial charge in [0.2, 0.25) is 0 Å². The van der Waals surface area contributed by atoms with E-state index < -0.39 is 0 Å². The Hall–Kier alpha value is -1.02. The van der Waals surface area contributed by atoms with Gasteiger partial charge in [-0.3, -0.25) is 0 Å². The van der Waals surface area contributed by atoms with Crippen molar-refractivity contribution in [3.63, 3.8) is 0 Å². The van der Waals surface area contributed by atoms with Crippen LogP contribution in [0.1, 0.15) is 37.8 Å². The molecule has 3 rings (SSSR count). The second-order valence-corrected chi connectivity index (χ2v) is 6.43. The van der Waals surface area contributed by atoms with Crippen LogP contribution in [-0.2, 0) is 6.42 Å². The lowest BCUT2D eigenvalue weighted by atomic mass is 9.98. The van der Waals surface area contributed by atoms with E-state index in [1.165, 1.54) is 24.0 Å². The van der Waals surface area contributed by atoms with Crippen LogP contribution in [-0.4, -0.2) is 18.2 Å². The summed E-state index contributed by atoms with van der Waals surface area (Å²) in [5, 5.41) is 3.69. The first-order valence-corrected chi connectivity index (χ1v) is 7.06. The molecule has 0 amide bonds. The second-order valence-electron chi connectivity index (χ2n) is 6.43. The number of benzene rings is 1. The first-order chi connectivity index (χ1) is 8.54. The van der Waals surface area contributed by atoms with E-state index in [9.17, 15) is 0 Å². The molecule has 1 saturated carbocycles. The van der Waals surface area contributed by atoms with E-state index in [1.54, 1.807) is 0 Å². The minimum absolute atomic E-state index is 0.272. The predicted molar refractivity (Wildman–Crippen MR) is 74.1 cm³/mol. The Balaban J connectivity index is 1.57. The van der Waals surface area contributed by atoms with Crippen molar-refractivity contribution in [3.05, 3.63) is 29.3 Å². The molecule has 1 aromatic carbocycles. The summed E-state index contributed by atoms with van der Waals surface area (Å²) in [6.07, 6.45) is 4.11. The van der Waals surface area contributed by atoms with Crippen molar-refractivity contribution in [1.82, 2.24) is 5.32 Å². The molecule has 1 N–H and O–H groups in total. The van der Waals surface area contributed by atoms with Gasteiger partial charge in [0.15, 0.2) is 0 Å². The quantitative estimate of drug-likeness (QED) is 0.880. The highest BCUT2D eigenvalue weighted by atomic mass is 16.5. The third-order valence-electron chi connectivity index (χ3n) is 4.34. The molecule has 98 valence electrons. The summed E-state index contributed by atoms with van der Waals surface area (Å²) in [5.74, 6) is 1.94. The molecule has 0 radical (unpaired) electrons. The fourth-order valence-corrected chi connectivity index (χ4v) is 2.89. The van der Waals surface area contributed by atoms with E-state index in [4.69, 9.17) is 4.74 Å². The lowest BCUT2D eigenvalue weighted by Crippen LogP contribution is -2.46. The number of ether oxygens (including phenoxy) is 1. The van der Waals surface area contributed by atoms with Crippen LogP contribution >= 0.6 is 0 Å². The highest BCUT2D eigenvalue weighted by Crippen LogP contribution is 2.39. The van der Waals surface area contributed by atoms with E-state index in [1.807, 2.05) is 0 Å². The van der Waals surface area contributed by atoms with Gasteiger partial charge < -0.3 is 10.1 Å². The summed E-state index contributed by atoms with van der Waals surface area (Å²) in [6.45, 7) is 7.73. The van der Waals surface area contributed by atoms with Crippen molar-refractivity contribution < 1.29 is 4.74 Å². The van der Waals surface area contributed by atoms with Crippen molar-refractivity contribution in [2.75, 3.05) is 6.54 Å². The molecule has 0 aromatic heterocycles. The minimum atomic E-state index is 0.272. The van der Waals surface area contributed by atoms with Gasteiger partial charge in [-0.1, -0.05) is 17.7 Å². The lowest BCUT2D eigenvalue weighted by Gasteiger charge is -2.27. The number of fused-ring (bicyclic) bond motifs is 1. The van der Waals surface area contributed by atoms with Crippen LogP contribution in [0, 0.1) is 12.8 Å². The summed E-state index contributed by atoms with van der Waals surface area (Å²) >= 11 is 0. The molecule has 0 saturated heterocycles. The normalized spacial score (nSPS) is 22.7. The molecule has 0 bridgehead atoms. The molecule has 1 fully saturated rings. The standard InChI is InChI=1S/C16H23NO/c1-11-4-7-15-12(8-11)9-14(18-15)10-17-16(2,3)13-5-6-13/h4,7-8,13-14,17H,5-6,9-10H2,1-3H3. The molecule has 1 unspecified atom stereocenters. The van der Waals surface area contributed by atoms with E-state index >= 15 is 0 Å². The lowest BCUT2D eigenvalue weighted by molar-refractivity contribution is 0.202. The molecular formula is C16H23NO. The second kappa shape index (κ2) is 4.27. The van der Waals surface area contributed by atoms with E-state index in [0.29, 0.717) is 6.10 Å². The summed E-state index contributed by atoms with van der Waals surface area (Å²) in [6, 6.07) is 6.49. The first kappa shape index (κ1) is 12.0. The zero-order valence-electron chi connectivity index (χ0n) is 11.6. The molecule has 18 heavy (non-hydrogen) atoms. The van der Waals surface area contributed by atoms with E-state index in [-0.39, 0.29) is 5.54 Å². The van der Waals surface area contributed by atoms with Crippen LogP contribution in [0.4, 0.5) is 0 Å². The number of hydrogen-bond donors (Lipinski definition) is 1. The number of nitrogens with one attached hydrogen (secondary N) is 1. The molecule has 2 aliphatic rings. The Morgan fingerprint density at radius 1 is 1.33 bits per heavy atom. The molecule has 1 aliphatic heterocycles. The average molecular weight is 245 g/mol. The maximum Gasteiger partial charge on any atom is 0.123 e. The molecule has 1 aliphatic carbocycles. The molecule has 1 atom stereocenters. The average Bonchev–Trinajstić information content (AvgIpc) is 3.09. The molecule has 2 nitrogen and oxygen atoms in total. The van der Waals surface area contributed by atoms with E-state index in [0.717, 1.165) is 24.6 Å². The van der Waals surface area contributed by atoms with Gasteiger partial charge in [-0.2, -0.15) is 0 Å². The predicted octanol–water partition coefficient (Wildman–Crippen LogP) is 3.08. The first-order valence-electron chi connectivity index (χ1n) is 7.06. The van der Waals surface area contributed by atoms with Crippen LogP contribution < -0.4 is 10.1 Å². The van der Waals surface area contributed by atoms with Gasteiger partial charge in [0, 0.05) is 18.5 Å². The fraction of sp³-hybridized carbons (Fsp3) is 0.625. The minimum Gasteiger partial charge on any atom is -0.488 e. The maximum absolute atomic E-state index is 5.99. The summed E-state index contributed by atoms with van der Waals surface area (Å²) in [7, 11) is 0. The number of hydrogen-bond acceptors (Lipinski definition) is 2. The SMILES string of the molecule is Cc1ccc2c(c1)CC(CNC(C)(C)C1CC1)O2.